The smallest absolute Gasteiger partial charge is 0.750 e. The van der Waals surface area contributed by atoms with Crippen molar-refractivity contribution in [2.75, 3.05) is 0 Å². The Labute approximate surface area is 64.4 Å². The van der Waals surface area contributed by atoms with Crippen LogP contribution in [0.1, 0.15) is 0 Å². The van der Waals surface area contributed by atoms with Gasteiger partial charge in [-0.1, -0.05) is 6.47 Å². The molecular formula is CH2MgO5S. The van der Waals surface area contributed by atoms with E-state index in [2.05, 4.69) is 0 Å². The van der Waals surface area contributed by atoms with Gasteiger partial charge in [-0.2, -0.15) is 0 Å². The Morgan fingerprint density at radius 1 is 1.62 bits per heavy atom. The van der Waals surface area contributed by atoms with Gasteiger partial charge in [-0.05, 0) is 0 Å². The zero-order chi connectivity index (χ0) is 6.28. The average molecular weight is 150 g/mol. The van der Waals surface area contributed by atoms with Crippen LogP contribution in [0.15, 0.2) is 0 Å². The Hall–Kier alpha value is 0.306. The van der Waals surface area contributed by atoms with Gasteiger partial charge in [0.05, 0.1) is 11.4 Å². The molecule has 0 saturated carbocycles. The predicted octanol–water partition coefficient (Wildman–Crippen LogP) is -1.43. The monoisotopic (exact) mass is 150 g/mol. The molecule has 0 aromatic rings. The van der Waals surface area contributed by atoms with Crippen molar-refractivity contribution < 1.29 is 23.2 Å². The molecule has 44 valence electrons. The molecule has 0 saturated heterocycles. The van der Waals surface area contributed by atoms with E-state index in [1.165, 1.54) is 0 Å². The first-order chi connectivity index (χ1) is 3.15. The van der Waals surface area contributed by atoms with Crippen LogP contribution in [-0.2, 0) is 16.2 Å². The van der Waals surface area contributed by atoms with Gasteiger partial charge in [-0.25, -0.2) is 4.21 Å². The summed E-state index contributed by atoms with van der Waals surface area (Å²) in [5.41, 5.74) is 0. The SMILES string of the molecule is O=S([O-])O.O=[C-]O.[Mg+2]. The van der Waals surface area contributed by atoms with Crippen molar-refractivity contribution in [2.24, 2.45) is 0 Å². The van der Waals surface area contributed by atoms with E-state index < -0.39 is 11.4 Å². The standard InChI is InChI=1S/CHO2.Mg.H2O3S/c2-1-3;;1-4(2)3/h(H,2,3);;(H2,1,2,3)/q-1;+2;/p-1. The molecule has 8 heavy (non-hydrogen) atoms. The zero-order valence-electron chi connectivity index (χ0n) is 3.73. The third-order valence-electron chi connectivity index (χ3n) is 0. The maximum atomic E-state index is 8.56. The normalized spacial score (nSPS) is 9.25. The molecule has 0 rings (SSSR count). The summed E-state index contributed by atoms with van der Waals surface area (Å²) in [6.45, 7) is 0.500. The van der Waals surface area contributed by atoms with Crippen LogP contribution < -0.4 is 0 Å². The number of rotatable bonds is 0. The van der Waals surface area contributed by atoms with Gasteiger partial charge in [-0.3, -0.25) is 0 Å². The van der Waals surface area contributed by atoms with Crippen molar-refractivity contribution in [3.63, 3.8) is 0 Å². The van der Waals surface area contributed by atoms with Gasteiger partial charge < -0.3 is 19.0 Å². The third-order valence-corrected chi connectivity index (χ3v) is 0. The molecular weight excluding hydrogens is 148 g/mol. The van der Waals surface area contributed by atoms with Crippen LogP contribution in [0.4, 0.5) is 0 Å². The van der Waals surface area contributed by atoms with Crippen LogP contribution in [0, 0.1) is 0 Å². The summed E-state index contributed by atoms with van der Waals surface area (Å²) < 4.78 is 24.1. The topological polar surface area (TPSA) is 97.7 Å². The van der Waals surface area contributed by atoms with Gasteiger partial charge in [0.2, 0.25) is 0 Å². The molecule has 0 aromatic heterocycles. The van der Waals surface area contributed by atoms with Gasteiger partial charge in [0.25, 0.3) is 0 Å². The van der Waals surface area contributed by atoms with Gasteiger partial charge >= 0.3 is 23.1 Å². The first kappa shape index (κ1) is 15.7. The second-order valence-electron chi connectivity index (χ2n) is 0.308. The van der Waals surface area contributed by atoms with E-state index in [0.29, 0.717) is 6.47 Å². The molecule has 7 heteroatoms. The van der Waals surface area contributed by atoms with Crippen LogP contribution in [0.2, 0.25) is 0 Å². The summed E-state index contributed by atoms with van der Waals surface area (Å²) >= 11 is -2.86. The maximum absolute atomic E-state index is 8.56. The first-order valence-corrected chi connectivity index (χ1v) is 1.98. The minimum Gasteiger partial charge on any atom is -0.750 e. The summed E-state index contributed by atoms with van der Waals surface area (Å²) in [7, 11) is 0. The molecule has 0 aromatic carbocycles. The maximum Gasteiger partial charge on any atom is 2.00 e. The van der Waals surface area contributed by atoms with Crippen molar-refractivity contribution in [3.05, 3.63) is 0 Å². The van der Waals surface area contributed by atoms with E-state index in [1.54, 1.807) is 0 Å². The summed E-state index contributed by atoms with van der Waals surface area (Å²) in [6.07, 6.45) is 0. The molecule has 0 radical (unpaired) electrons. The van der Waals surface area contributed by atoms with Gasteiger partial charge in [0.1, 0.15) is 0 Å². The van der Waals surface area contributed by atoms with Crippen molar-refractivity contribution in [2.45, 2.75) is 0 Å². The minimum absolute atomic E-state index is 0. The molecule has 0 aliphatic heterocycles. The van der Waals surface area contributed by atoms with Crippen molar-refractivity contribution in [1.29, 1.82) is 0 Å². The van der Waals surface area contributed by atoms with Gasteiger partial charge in [0, 0.05) is 0 Å². The van der Waals surface area contributed by atoms with E-state index >= 15 is 0 Å². The van der Waals surface area contributed by atoms with Crippen molar-refractivity contribution in [1.82, 2.24) is 0 Å². The molecule has 0 bridgehead atoms. The molecule has 0 aliphatic rings. The van der Waals surface area contributed by atoms with E-state index in [1.807, 2.05) is 0 Å². The van der Waals surface area contributed by atoms with Crippen LogP contribution in [-0.4, -0.2) is 47.9 Å². The fourth-order valence-corrected chi connectivity index (χ4v) is 0. The minimum atomic E-state index is -2.86. The molecule has 0 spiro atoms. The summed E-state index contributed by atoms with van der Waals surface area (Å²) in [4.78, 5) is 8.24. The Kier molecular flexibility index (Phi) is 30.8. The molecule has 1 atom stereocenters. The first-order valence-electron chi connectivity index (χ1n) is 0.944. The van der Waals surface area contributed by atoms with Gasteiger partial charge in [0.15, 0.2) is 0 Å². The predicted molar refractivity (Wildman–Crippen MR) is 25.6 cm³/mol. The largest absolute Gasteiger partial charge is 2.00 e. The molecule has 2 N–H and O–H groups in total. The Balaban J connectivity index is -0.0000000575. The zero-order valence-corrected chi connectivity index (χ0v) is 5.97. The number of hydrogen-bond donors (Lipinski definition) is 2. The second-order valence-corrected chi connectivity index (χ2v) is 0.743. The van der Waals surface area contributed by atoms with Crippen LogP contribution in [0.25, 0.3) is 0 Å². The van der Waals surface area contributed by atoms with E-state index in [4.69, 9.17) is 23.2 Å². The fourth-order valence-electron chi connectivity index (χ4n) is 0. The van der Waals surface area contributed by atoms with E-state index in [-0.39, 0.29) is 23.1 Å². The molecule has 1 unspecified atom stereocenters. The van der Waals surface area contributed by atoms with Crippen LogP contribution >= 0.6 is 0 Å². The average Bonchev–Trinajstić information content (AvgIpc) is 1.33. The second kappa shape index (κ2) is 15.7. The molecule has 0 amide bonds. The Morgan fingerprint density at radius 3 is 1.62 bits per heavy atom. The summed E-state index contributed by atoms with van der Waals surface area (Å²) in [5, 5.41) is 6.76. The van der Waals surface area contributed by atoms with Crippen LogP contribution in [0.3, 0.4) is 0 Å². The molecule has 5 nitrogen and oxygen atoms in total. The van der Waals surface area contributed by atoms with Crippen molar-refractivity contribution >= 4 is 40.9 Å². The number of aliphatic hydroxyl groups excluding tert-OH is 1. The van der Waals surface area contributed by atoms with Crippen molar-refractivity contribution in [3.8, 4) is 0 Å². The quantitative estimate of drug-likeness (QED) is 0.251. The molecule has 0 fully saturated rings. The number of hydrogen-bond acceptors (Lipinski definition) is 3. The third kappa shape index (κ3) is 1890. The summed E-state index contributed by atoms with van der Waals surface area (Å²) in [6, 6.07) is 0. The molecule has 0 heterocycles. The van der Waals surface area contributed by atoms with Gasteiger partial charge in [-0.15, -0.1) is 0 Å². The fraction of sp³-hybridized carbons (Fsp3) is 0. The Morgan fingerprint density at radius 2 is 1.62 bits per heavy atom. The molecule has 0 aliphatic carbocycles. The van der Waals surface area contributed by atoms with E-state index in [0.717, 1.165) is 0 Å². The van der Waals surface area contributed by atoms with E-state index in [9.17, 15) is 0 Å². The summed E-state index contributed by atoms with van der Waals surface area (Å²) in [5.74, 6) is 0. The van der Waals surface area contributed by atoms with Crippen LogP contribution in [0.5, 0.6) is 0 Å². The Bertz CT molecular complexity index is 59.4.